The van der Waals surface area contributed by atoms with E-state index in [1.54, 1.807) is 25.1 Å². The lowest BCUT2D eigenvalue weighted by Crippen LogP contribution is -2.27. The molecule has 0 aliphatic rings. The fraction of sp³-hybridized carbons (Fsp3) is 0.538. The summed E-state index contributed by atoms with van der Waals surface area (Å²) in [6.45, 7) is 7.21. The number of benzene rings is 1. The first kappa shape index (κ1) is 15.2. The Labute approximate surface area is 112 Å². The van der Waals surface area contributed by atoms with Crippen molar-refractivity contribution in [1.29, 1.82) is 0 Å². The van der Waals surface area contributed by atoms with Crippen molar-refractivity contribution in [3.8, 4) is 11.5 Å². The number of nitro groups is 1. The van der Waals surface area contributed by atoms with Gasteiger partial charge in [-0.3, -0.25) is 10.1 Å². The standard InChI is InChI=1S/C13H20N2O4/c1-4-18-11-6-5-7-12(13(11)15(16)17)19-9-8-14-10(2)3/h5-7,10,14H,4,8-9H2,1-3H3. The van der Waals surface area contributed by atoms with Crippen molar-refractivity contribution in [3.05, 3.63) is 28.3 Å². The maximum Gasteiger partial charge on any atom is 0.352 e. The second-order valence-electron chi connectivity index (χ2n) is 4.25. The Morgan fingerprint density at radius 1 is 1.32 bits per heavy atom. The molecule has 0 spiro atoms. The van der Waals surface area contributed by atoms with Gasteiger partial charge < -0.3 is 14.8 Å². The molecular weight excluding hydrogens is 248 g/mol. The molecule has 0 saturated heterocycles. The SMILES string of the molecule is CCOc1cccc(OCCNC(C)C)c1[N+](=O)[O-]. The number of rotatable bonds is 8. The van der Waals surface area contributed by atoms with Crippen LogP contribution in [-0.4, -0.2) is 30.7 Å². The minimum Gasteiger partial charge on any atom is -0.487 e. The molecule has 1 aromatic carbocycles. The highest BCUT2D eigenvalue weighted by Crippen LogP contribution is 2.36. The number of para-hydroxylation sites is 1. The van der Waals surface area contributed by atoms with Gasteiger partial charge in [0.2, 0.25) is 11.5 Å². The molecular formula is C13H20N2O4. The molecule has 0 heterocycles. The Morgan fingerprint density at radius 3 is 2.47 bits per heavy atom. The van der Waals surface area contributed by atoms with E-state index in [1.807, 2.05) is 13.8 Å². The Kier molecular flexibility index (Phi) is 6.08. The summed E-state index contributed by atoms with van der Waals surface area (Å²) in [6, 6.07) is 5.19. The summed E-state index contributed by atoms with van der Waals surface area (Å²) < 4.78 is 10.7. The molecule has 6 nitrogen and oxygen atoms in total. The van der Waals surface area contributed by atoms with Gasteiger partial charge in [-0.05, 0) is 19.1 Å². The minimum absolute atomic E-state index is 0.117. The smallest absolute Gasteiger partial charge is 0.352 e. The highest BCUT2D eigenvalue weighted by Gasteiger charge is 2.22. The van der Waals surface area contributed by atoms with Gasteiger partial charge in [-0.2, -0.15) is 0 Å². The highest BCUT2D eigenvalue weighted by atomic mass is 16.6. The predicted molar refractivity (Wildman–Crippen MR) is 72.9 cm³/mol. The lowest BCUT2D eigenvalue weighted by molar-refractivity contribution is -0.386. The molecule has 19 heavy (non-hydrogen) atoms. The van der Waals surface area contributed by atoms with Crippen LogP contribution in [0.5, 0.6) is 11.5 Å². The monoisotopic (exact) mass is 268 g/mol. The summed E-state index contributed by atoms with van der Waals surface area (Å²) in [5.74, 6) is 0.475. The summed E-state index contributed by atoms with van der Waals surface area (Å²) in [4.78, 5) is 10.6. The molecule has 0 radical (unpaired) electrons. The zero-order chi connectivity index (χ0) is 14.3. The quantitative estimate of drug-likeness (QED) is 0.445. The minimum atomic E-state index is -0.476. The number of hydrogen-bond donors (Lipinski definition) is 1. The van der Waals surface area contributed by atoms with Crippen molar-refractivity contribution in [2.45, 2.75) is 26.8 Å². The molecule has 1 rings (SSSR count). The maximum atomic E-state index is 11.1. The third-order valence-electron chi connectivity index (χ3n) is 2.36. The Balaban J connectivity index is 2.76. The van der Waals surface area contributed by atoms with E-state index in [4.69, 9.17) is 9.47 Å². The van der Waals surface area contributed by atoms with Crippen LogP contribution in [0.4, 0.5) is 5.69 Å². The number of ether oxygens (including phenoxy) is 2. The normalized spacial score (nSPS) is 10.5. The second-order valence-corrected chi connectivity index (χ2v) is 4.25. The van der Waals surface area contributed by atoms with E-state index < -0.39 is 4.92 Å². The fourth-order valence-electron chi connectivity index (χ4n) is 1.58. The van der Waals surface area contributed by atoms with Crippen LogP contribution in [0.1, 0.15) is 20.8 Å². The van der Waals surface area contributed by atoms with Crippen molar-refractivity contribution >= 4 is 5.69 Å². The summed E-state index contributed by atoms with van der Waals surface area (Å²) in [6.07, 6.45) is 0. The van der Waals surface area contributed by atoms with Gasteiger partial charge in [0.15, 0.2) is 0 Å². The van der Waals surface area contributed by atoms with E-state index in [0.717, 1.165) is 0 Å². The van der Waals surface area contributed by atoms with Gasteiger partial charge in [0, 0.05) is 12.6 Å². The van der Waals surface area contributed by atoms with E-state index >= 15 is 0 Å². The Morgan fingerprint density at radius 2 is 1.95 bits per heavy atom. The Hall–Kier alpha value is -1.82. The molecule has 0 saturated carbocycles. The van der Waals surface area contributed by atoms with Crippen LogP contribution in [-0.2, 0) is 0 Å². The number of nitrogens with zero attached hydrogens (tertiary/aromatic N) is 1. The van der Waals surface area contributed by atoms with Gasteiger partial charge in [0.1, 0.15) is 6.61 Å². The third kappa shape index (κ3) is 4.75. The molecule has 0 amide bonds. The number of nitro benzene ring substituents is 1. The first-order valence-corrected chi connectivity index (χ1v) is 6.32. The summed E-state index contributed by atoms with van der Waals surface area (Å²) in [5, 5.41) is 14.3. The topological polar surface area (TPSA) is 73.6 Å². The average Bonchev–Trinajstić information content (AvgIpc) is 2.34. The maximum absolute atomic E-state index is 11.1. The molecule has 0 aliphatic carbocycles. The zero-order valence-corrected chi connectivity index (χ0v) is 11.5. The van der Waals surface area contributed by atoms with Crippen molar-refractivity contribution < 1.29 is 14.4 Å². The Bertz CT molecular complexity index is 421. The van der Waals surface area contributed by atoms with Gasteiger partial charge in [0.25, 0.3) is 0 Å². The van der Waals surface area contributed by atoms with Gasteiger partial charge in [-0.15, -0.1) is 0 Å². The zero-order valence-electron chi connectivity index (χ0n) is 11.5. The van der Waals surface area contributed by atoms with Crippen LogP contribution in [0, 0.1) is 10.1 Å². The molecule has 0 aliphatic heterocycles. The van der Waals surface area contributed by atoms with E-state index in [0.29, 0.717) is 25.8 Å². The van der Waals surface area contributed by atoms with Crippen LogP contribution in [0.25, 0.3) is 0 Å². The van der Waals surface area contributed by atoms with Crippen LogP contribution in [0.3, 0.4) is 0 Å². The molecule has 0 bridgehead atoms. The molecule has 1 aromatic rings. The van der Waals surface area contributed by atoms with Crippen LogP contribution in [0.15, 0.2) is 18.2 Å². The molecule has 0 fully saturated rings. The van der Waals surface area contributed by atoms with Gasteiger partial charge in [-0.25, -0.2) is 0 Å². The van der Waals surface area contributed by atoms with E-state index in [9.17, 15) is 10.1 Å². The lowest BCUT2D eigenvalue weighted by atomic mass is 10.2. The third-order valence-corrected chi connectivity index (χ3v) is 2.36. The number of hydrogen-bond acceptors (Lipinski definition) is 5. The second kappa shape index (κ2) is 7.58. The van der Waals surface area contributed by atoms with E-state index in [2.05, 4.69) is 5.32 Å². The number of nitrogens with one attached hydrogen (secondary N) is 1. The molecule has 0 unspecified atom stereocenters. The van der Waals surface area contributed by atoms with E-state index in [-0.39, 0.29) is 17.2 Å². The molecule has 0 aromatic heterocycles. The van der Waals surface area contributed by atoms with Gasteiger partial charge in [-0.1, -0.05) is 19.9 Å². The van der Waals surface area contributed by atoms with Gasteiger partial charge in [0.05, 0.1) is 11.5 Å². The van der Waals surface area contributed by atoms with Crippen molar-refractivity contribution in [2.75, 3.05) is 19.8 Å². The summed E-state index contributed by atoms with van der Waals surface area (Å²) in [5.41, 5.74) is -0.117. The van der Waals surface area contributed by atoms with E-state index in [1.165, 1.54) is 0 Å². The highest BCUT2D eigenvalue weighted by molar-refractivity contribution is 5.57. The average molecular weight is 268 g/mol. The van der Waals surface area contributed by atoms with Gasteiger partial charge >= 0.3 is 5.69 Å². The van der Waals surface area contributed by atoms with Crippen LogP contribution >= 0.6 is 0 Å². The van der Waals surface area contributed by atoms with Crippen LogP contribution < -0.4 is 14.8 Å². The summed E-state index contributed by atoms with van der Waals surface area (Å²) >= 11 is 0. The van der Waals surface area contributed by atoms with Crippen LogP contribution in [0.2, 0.25) is 0 Å². The molecule has 0 atom stereocenters. The molecule has 6 heteroatoms. The predicted octanol–water partition coefficient (Wildman–Crippen LogP) is 2.37. The first-order valence-electron chi connectivity index (χ1n) is 6.32. The summed E-state index contributed by atoms with van der Waals surface area (Å²) in [7, 11) is 0. The van der Waals surface area contributed by atoms with Crippen molar-refractivity contribution in [3.63, 3.8) is 0 Å². The molecule has 1 N–H and O–H groups in total. The van der Waals surface area contributed by atoms with Crippen molar-refractivity contribution in [2.24, 2.45) is 0 Å². The molecule has 106 valence electrons. The van der Waals surface area contributed by atoms with Crippen molar-refractivity contribution in [1.82, 2.24) is 5.32 Å². The fourth-order valence-corrected chi connectivity index (χ4v) is 1.58. The first-order chi connectivity index (χ1) is 9.06. The largest absolute Gasteiger partial charge is 0.487 e. The lowest BCUT2D eigenvalue weighted by Gasteiger charge is -2.11.